The van der Waals surface area contributed by atoms with Crippen molar-refractivity contribution in [2.75, 3.05) is 19.6 Å². The number of nitrogens with zero attached hydrogens (tertiary/aromatic N) is 1. The molecule has 22 heavy (non-hydrogen) atoms. The first-order chi connectivity index (χ1) is 10.8. The first-order valence-corrected chi connectivity index (χ1v) is 7.64. The van der Waals surface area contributed by atoms with Crippen molar-refractivity contribution in [3.05, 3.63) is 71.8 Å². The third-order valence-electron chi connectivity index (χ3n) is 4.50. The summed E-state index contributed by atoms with van der Waals surface area (Å²) in [4.78, 5) is 14.7. The fraction of sp³-hybridized carbons (Fsp3) is 0.278. The van der Waals surface area contributed by atoms with Gasteiger partial charge in [-0.1, -0.05) is 60.7 Å². The zero-order chi connectivity index (χ0) is 15.0. The van der Waals surface area contributed by atoms with E-state index < -0.39 is 5.72 Å². The van der Waals surface area contributed by atoms with E-state index >= 15 is 0 Å². The monoisotopic (exact) mass is 294 g/mol. The number of nitrogens with one attached hydrogen (secondary N) is 1. The molecule has 2 fully saturated rings. The molecule has 2 aromatic carbocycles. The van der Waals surface area contributed by atoms with Crippen molar-refractivity contribution in [2.24, 2.45) is 0 Å². The Kier molecular flexibility index (Phi) is 3.21. The summed E-state index contributed by atoms with van der Waals surface area (Å²) in [6.45, 7) is 2.27. The summed E-state index contributed by atoms with van der Waals surface area (Å²) >= 11 is 0. The lowest BCUT2D eigenvalue weighted by Crippen LogP contribution is -2.56. The number of fused-ring (bicyclic) bond motifs is 1. The van der Waals surface area contributed by atoms with Crippen LogP contribution in [0.2, 0.25) is 0 Å². The third kappa shape index (κ3) is 1.88. The van der Waals surface area contributed by atoms with Crippen LogP contribution >= 0.6 is 0 Å². The van der Waals surface area contributed by atoms with Gasteiger partial charge < -0.3 is 10.1 Å². The molecule has 0 spiro atoms. The second kappa shape index (κ2) is 5.23. The van der Waals surface area contributed by atoms with Crippen LogP contribution in [-0.2, 0) is 15.3 Å². The highest BCUT2D eigenvalue weighted by atomic mass is 16.6. The van der Waals surface area contributed by atoms with Crippen LogP contribution in [0.15, 0.2) is 60.7 Å². The number of esters is 1. The zero-order valence-electron chi connectivity index (χ0n) is 12.2. The van der Waals surface area contributed by atoms with Crippen LogP contribution in [0, 0.1) is 0 Å². The third-order valence-corrected chi connectivity index (χ3v) is 4.50. The minimum Gasteiger partial charge on any atom is -0.434 e. The number of benzene rings is 2. The summed E-state index contributed by atoms with van der Waals surface area (Å²) in [5, 5.41) is 3.28. The van der Waals surface area contributed by atoms with Crippen LogP contribution in [0.1, 0.15) is 11.1 Å². The largest absolute Gasteiger partial charge is 0.434 e. The minimum absolute atomic E-state index is 0.153. The maximum Gasteiger partial charge on any atom is 0.327 e. The molecule has 4 heteroatoms. The Balaban J connectivity index is 1.92. The van der Waals surface area contributed by atoms with Crippen molar-refractivity contribution in [3.8, 4) is 0 Å². The number of rotatable bonds is 2. The Hall–Kier alpha value is -2.17. The zero-order valence-corrected chi connectivity index (χ0v) is 12.2. The molecule has 4 nitrogen and oxygen atoms in total. The van der Waals surface area contributed by atoms with Gasteiger partial charge in [0, 0.05) is 30.8 Å². The Morgan fingerprint density at radius 3 is 2.18 bits per heavy atom. The van der Waals surface area contributed by atoms with E-state index in [1.165, 1.54) is 0 Å². The summed E-state index contributed by atoms with van der Waals surface area (Å²) in [6, 6.07) is 19.8. The van der Waals surface area contributed by atoms with Crippen molar-refractivity contribution in [1.29, 1.82) is 0 Å². The molecule has 112 valence electrons. The molecule has 2 heterocycles. The normalized spacial score (nSPS) is 23.8. The lowest BCUT2D eigenvalue weighted by molar-refractivity contribution is -0.149. The predicted molar refractivity (Wildman–Crippen MR) is 83.1 cm³/mol. The molecule has 4 rings (SSSR count). The van der Waals surface area contributed by atoms with Crippen LogP contribution in [0.4, 0.5) is 0 Å². The van der Waals surface area contributed by atoms with Crippen molar-refractivity contribution < 1.29 is 9.53 Å². The van der Waals surface area contributed by atoms with E-state index in [-0.39, 0.29) is 12.0 Å². The van der Waals surface area contributed by atoms with Gasteiger partial charge in [-0.3, -0.25) is 4.79 Å². The van der Waals surface area contributed by atoms with Crippen molar-refractivity contribution in [1.82, 2.24) is 10.2 Å². The summed E-state index contributed by atoms with van der Waals surface area (Å²) < 4.78 is 6.02. The number of piperazine rings is 1. The van der Waals surface area contributed by atoms with E-state index in [0.29, 0.717) is 6.54 Å². The molecule has 2 aliphatic heterocycles. The molecule has 0 aliphatic carbocycles. The summed E-state index contributed by atoms with van der Waals surface area (Å²) in [5.41, 5.74) is 1.18. The topological polar surface area (TPSA) is 41.6 Å². The molecule has 1 N–H and O–H groups in total. The van der Waals surface area contributed by atoms with Gasteiger partial charge in [-0.05, 0) is 0 Å². The molecule has 0 saturated carbocycles. The van der Waals surface area contributed by atoms with E-state index in [0.717, 1.165) is 24.2 Å². The molecule has 0 unspecified atom stereocenters. The fourth-order valence-electron chi connectivity index (χ4n) is 3.51. The molecule has 2 aliphatic rings. The van der Waals surface area contributed by atoms with Crippen LogP contribution in [-0.4, -0.2) is 36.5 Å². The molecule has 0 amide bonds. The van der Waals surface area contributed by atoms with Gasteiger partial charge in [-0.25, -0.2) is 4.90 Å². The van der Waals surface area contributed by atoms with Gasteiger partial charge >= 0.3 is 5.97 Å². The van der Waals surface area contributed by atoms with E-state index in [1.54, 1.807) is 0 Å². The summed E-state index contributed by atoms with van der Waals surface area (Å²) in [6.07, 6.45) is 0. The summed E-state index contributed by atoms with van der Waals surface area (Å²) in [5.74, 6) is -0.153. The number of cyclic esters (lactones) is 1. The van der Waals surface area contributed by atoms with E-state index in [9.17, 15) is 4.79 Å². The van der Waals surface area contributed by atoms with Crippen LogP contribution in [0.5, 0.6) is 0 Å². The highest BCUT2D eigenvalue weighted by Gasteiger charge is 2.56. The maximum absolute atomic E-state index is 12.5. The van der Waals surface area contributed by atoms with Gasteiger partial charge in [-0.15, -0.1) is 0 Å². The van der Waals surface area contributed by atoms with Gasteiger partial charge in [0.15, 0.2) is 0 Å². The molecule has 0 aromatic heterocycles. The predicted octanol–water partition coefficient (Wildman–Crippen LogP) is 1.72. The molecular weight excluding hydrogens is 276 g/mol. The van der Waals surface area contributed by atoms with Gasteiger partial charge in [0.1, 0.15) is 6.04 Å². The Labute approximate surface area is 129 Å². The van der Waals surface area contributed by atoms with Crippen LogP contribution in [0.3, 0.4) is 0 Å². The number of ether oxygens (including phenoxy) is 1. The fourth-order valence-corrected chi connectivity index (χ4v) is 3.51. The minimum atomic E-state index is -0.813. The van der Waals surface area contributed by atoms with Crippen molar-refractivity contribution in [2.45, 2.75) is 11.8 Å². The lowest BCUT2D eigenvalue weighted by Gasteiger charge is -2.40. The highest BCUT2D eigenvalue weighted by molar-refractivity contribution is 5.80. The smallest absolute Gasteiger partial charge is 0.327 e. The number of carbonyl (C=O) groups excluding carboxylic acids is 1. The standard InChI is InChI=1S/C18H18N2O2/c21-17-16-13-19-11-12-20(16)18(22-17,14-7-3-1-4-8-14)15-9-5-2-6-10-15/h1-10,16,19H,11-13H2/t16-/m1/s1. The van der Waals surface area contributed by atoms with Gasteiger partial charge in [0.25, 0.3) is 0 Å². The van der Waals surface area contributed by atoms with Crippen LogP contribution in [0.25, 0.3) is 0 Å². The van der Waals surface area contributed by atoms with Gasteiger partial charge in [0.2, 0.25) is 5.72 Å². The Morgan fingerprint density at radius 2 is 1.59 bits per heavy atom. The van der Waals surface area contributed by atoms with Crippen molar-refractivity contribution in [3.63, 3.8) is 0 Å². The molecule has 2 saturated heterocycles. The average Bonchev–Trinajstić information content (AvgIpc) is 2.91. The van der Waals surface area contributed by atoms with E-state index in [2.05, 4.69) is 10.2 Å². The number of hydrogen-bond donors (Lipinski definition) is 1. The SMILES string of the molecule is O=C1OC(c2ccccc2)(c2ccccc2)N2CCNC[C@H]12. The number of hydrogen-bond acceptors (Lipinski definition) is 4. The molecule has 0 radical (unpaired) electrons. The van der Waals surface area contributed by atoms with Gasteiger partial charge in [0.05, 0.1) is 0 Å². The highest BCUT2D eigenvalue weighted by Crippen LogP contribution is 2.43. The molecule has 2 aromatic rings. The second-order valence-electron chi connectivity index (χ2n) is 5.71. The Bertz CT molecular complexity index is 633. The van der Waals surface area contributed by atoms with E-state index in [1.807, 2.05) is 60.7 Å². The van der Waals surface area contributed by atoms with E-state index in [4.69, 9.17) is 4.74 Å². The second-order valence-corrected chi connectivity index (χ2v) is 5.71. The first-order valence-electron chi connectivity index (χ1n) is 7.64. The lowest BCUT2D eigenvalue weighted by atomic mass is 9.92. The average molecular weight is 294 g/mol. The number of carbonyl (C=O) groups is 1. The van der Waals surface area contributed by atoms with Crippen LogP contribution < -0.4 is 5.32 Å². The molecule has 1 atom stereocenters. The Morgan fingerprint density at radius 1 is 1.00 bits per heavy atom. The maximum atomic E-state index is 12.5. The first kappa shape index (κ1) is 13.5. The van der Waals surface area contributed by atoms with Crippen molar-refractivity contribution >= 4 is 5.97 Å². The quantitative estimate of drug-likeness (QED) is 0.856. The van der Waals surface area contributed by atoms with Gasteiger partial charge in [-0.2, -0.15) is 0 Å². The molecular formula is C18H18N2O2. The summed E-state index contributed by atoms with van der Waals surface area (Å²) in [7, 11) is 0. The molecule has 0 bridgehead atoms.